The summed E-state index contributed by atoms with van der Waals surface area (Å²) in [6, 6.07) is 11.0. The summed E-state index contributed by atoms with van der Waals surface area (Å²) in [4.78, 5) is 45.6. The van der Waals surface area contributed by atoms with Gasteiger partial charge in [-0.25, -0.2) is 0 Å². The van der Waals surface area contributed by atoms with E-state index >= 15 is 0 Å². The van der Waals surface area contributed by atoms with Gasteiger partial charge in [0.15, 0.2) is 5.82 Å². The van der Waals surface area contributed by atoms with E-state index < -0.39 is 0 Å². The second kappa shape index (κ2) is 11.5. The van der Waals surface area contributed by atoms with Crippen LogP contribution in [0.1, 0.15) is 41.5 Å². The number of pyridine rings is 1. The summed E-state index contributed by atoms with van der Waals surface area (Å²) >= 11 is 0. The van der Waals surface area contributed by atoms with Gasteiger partial charge < -0.3 is 15.1 Å². The number of carbonyl (C=O) groups excluding carboxylic acids is 3. The average Bonchev–Trinajstić information content (AvgIpc) is 3.53. The third kappa shape index (κ3) is 6.09. The number of carbonyl (C=O) groups is 3. The van der Waals surface area contributed by atoms with Crippen molar-refractivity contribution in [3.05, 3.63) is 65.7 Å². The number of amides is 3. The lowest BCUT2D eigenvalue weighted by molar-refractivity contribution is -0.135. The standard InChI is InChI=1S/C25H30N8O3/c1-3-27-23(34)13-24(35)31-12-10-20(16-31)17-32(15-19-5-4-11-26-14-19)25(36)21-6-8-22(9-7-21)33-18(2)28-29-30-33/h4-9,11,14,20H,3,10,12-13,15-17H2,1-2H3,(H,27,34). The van der Waals surface area contributed by atoms with Crippen molar-refractivity contribution in [2.45, 2.75) is 33.2 Å². The quantitative estimate of drug-likeness (QED) is 0.449. The minimum Gasteiger partial charge on any atom is -0.356 e. The molecule has 1 unspecified atom stereocenters. The van der Waals surface area contributed by atoms with Crippen molar-refractivity contribution in [2.24, 2.45) is 5.92 Å². The summed E-state index contributed by atoms with van der Waals surface area (Å²) in [6.45, 7) is 6.13. The second-order valence-corrected chi connectivity index (χ2v) is 8.86. The highest BCUT2D eigenvalue weighted by Crippen LogP contribution is 2.21. The molecule has 0 radical (unpaired) electrons. The zero-order chi connectivity index (χ0) is 25.5. The Morgan fingerprint density at radius 2 is 1.97 bits per heavy atom. The highest BCUT2D eigenvalue weighted by molar-refractivity contribution is 5.97. The molecule has 36 heavy (non-hydrogen) atoms. The van der Waals surface area contributed by atoms with E-state index in [1.165, 1.54) is 0 Å². The number of hydrogen-bond acceptors (Lipinski definition) is 7. The van der Waals surface area contributed by atoms with Crippen LogP contribution in [0.25, 0.3) is 5.69 Å². The van der Waals surface area contributed by atoms with E-state index in [4.69, 9.17) is 0 Å². The maximum Gasteiger partial charge on any atom is 0.254 e. The van der Waals surface area contributed by atoms with Crippen LogP contribution in [0.3, 0.4) is 0 Å². The van der Waals surface area contributed by atoms with Crippen molar-refractivity contribution < 1.29 is 14.4 Å². The molecule has 0 aliphatic carbocycles. The highest BCUT2D eigenvalue weighted by atomic mass is 16.2. The van der Waals surface area contributed by atoms with Gasteiger partial charge in [-0.15, -0.1) is 5.10 Å². The number of aryl methyl sites for hydroxylation is 1. The zero-order valence-electron chi connectivity index (χ0n) is 20.5. The summed E-state index contributed by atoms with van der Waals surface area (Å²) in [5, 5.41) is 14.2. The van der Waals surface area contributed by atoms with E-state index in [1.54, 1.807) is 45.9 Å². The van der Waals surface area contributed by atoms with Crippen LogP contribution < -0.4 is 5.32 Å². The molecule has 3 aromatic rings. The van der Waals surface area contributed by atoms with E-state index in [-0.39, 0.29) is 30.1 Å². The maximum atomic E-state index is 13.6. The first-order valence-corrected chi connectivity index (χ1v) is 12.0. The van der Waals surface area contributed by atoms with Gasteiger partial charge in [0, 0.05) is 50.7 Å². The van der Waals surface area contributed by atoms with Crippen molar-refractivity contribution in [3.63, 3.8) is 0 Å². The van der Waals surface area contributed by atoms with Crippen molar-refractivity contribution in [3.8, 4) is 5.69 Å². The Hall–Kier alpha value is -4.15. The summed E-state index contributed by atoms with van der Waals surface area (Å²) in [6.07, 6.45) is 4.08. The molecule has 188 valence electrons. The van der Waals surface area contributed by atoms with Crippen molar-refractivity contribution >= 4 is 17.7 Å². The van der Waals surface area contributed by atoms with E-state index in [9.17, 15) is 14.4 Å². The first-order valence-electron chi connectivity index (χ1n) is 12.0. The zero-order valence-corrected chi connectivity index (χ0v) is 20.5. The Morgan fingerprint density at radius 1 is 1.17 bits per heavy atom. The number of hydrogen-bond donors (Lipinski definition) is 1. The van der Waals surface area contributed by atoms with Crippen LogP contribution in [0.2, 0.25) is 0 Å². The molecule has 0 saturated carbocycles. The van der Waals surface area contributed by atoms with E-state index in [2.05, 4.69) is 25.8 Å². The fourth-order valence-corrected chi connectivity index (χ4v) is 4.36. The summed E-state index contributed by atoms with van der Waals surface area (Å²) in [5.41, 5.74) is 2.24. The Bertz CT molecular complexity index is 1200. The van der Waals surface area contributed by atoms with Crippen LogP contribution in [0.4, 0.5) is 0 Å². The number of tetrazole rings is 1. The molecule has 0 spiro atoms. The first-order chi connectivity index (χ1) is 17.4. The topological polar surface area (TPSA) is 126 Å². The molecule has 4 rings (SSSR count). The molecule has 3 amide bonds. The summed E-state index contributed by atoms with van der Waals surface area (Å²) in [5.74, 6) is 0.222. The van der Waals surface area contributed by atoms with Gasteiger partial charge in [-0.1, -0.05) is 6.07 Å². The van der Waals surface area contributed by atoms with E-state index in [1.807, 2.05) is 31.2 Å². The molecule has 1 aromatic carbocycles. The normalized spacial score (nSPS) is 15.1. The van der Waals surface area contributed by atoms with E-state index in [0.29, 0.717) is 44.1 Å². The molecular weight excluding hydrogens is 460 g/mol. The molecule has 1 aliphatic rings. The summed E-state index contributed by atoms with van der Waals surface area (Å²) < 4.78 is 1.60. The molecule has 0 bridgehead atoms. The highest BCUT2D eigenvalue weighted by Gasteiger charge is 2.30. The van der Waals surface area contributed by atoms with Gasteiger partial charge in [0.05, 0.1) is 5.69 Å². The number of nitrogens with zero attached hydrogens (tertiary/aromatic N) is 7. The largest absolute Gasteiger partial charge is 0.356 e. The van der Waals surface area contributed by atoms with Crippen LogP contribution in [0, 0.1) is 12.8 Å². The number of rotatable bonds is 9. The fourth-order valence-electron chi connectivity index (χ4n) is 4.36. The van der Waals surface area contributed by atoms with Gasteiger partial charge in [0.2, 0.25) is 11.8 Å². The maximum absolute atomic E-state index is 13.6. The molecule has 1 N–H and O–H groups in total. The van der Waals surface area contributed by atoms with E-state index in [0.717, 1.165) is 17.7 Å². The molecule has 11 heteroatoms. The van der Waals surface area contributed by atoms with Gasteiger partial charge in [-0.3, -0.25) is 19.4 Å². The lowest BCUT2D eigenvalue weighted by Gasteiger charge is -2.26. The lowest BCUT2D eigenvalue weighted by Crippen LogP contribution is -2.37. The number of aromatic nitrogens is 5. The molecule has 2 aromatic heterocycles. The molecular formula is C25H30N8O3. The molecule has 1 atom stereocenters. The van der Waals surface area contributed by atoms with Crippen molar-refractivity contribution in [1.82, 2.24) is 40.3 Å². The van der Waals surface area contributed by atoms with Crippen LogP contribution in [0.15, 0.2) is 48.8 Å². The van der Waals surface area contributed by atoms with Gasteiger partial charge in [-0.2, -0.15) is 4.68 Å². The SMILES string of the molecule is CCNC(=O)CC(=O)N1CCC(CN(Cc2cccnc2)C(=O)c2ccc(-n3nnnc3C)cc2)C1. The smallest absolute Gasteiger partial charge is 0.254 e. The monoisotopic (exact) mass is 490 g/mol. The molecule has 1 saturated heterocycles. The molecule has 1 fully saturated rings. The van der Waals surface area contributed by atoms with Gasteiger partial charge in [-0.05, 0) is 72.5 Å². The predicted octanol–water partition coefficient (Wildman–Crippen LogP) is 1.38. The summed E-state index contributed by atoms with van der Waals surface area (Å²) in [7, 11) is 0. The minimum atomic E-state index is -0.264. The third-order valence-corrected chi connectivity index (χ3v) is 6.17. The Morgan fingerprint density at radius 3 is 2.64 bits per heavy atom. The Balaban J connectivity index is 1.46. The predicted molar refractivity (Wildman–Crippen MR) is 131 cm³/mol. The van der Waals surface area contributed by atoms with Crippen LogP contribution >= 0.6 is 0 Å². The van der Waals surface area contributed by atoms with Gasteiger partial charge in [0.1, 0.15) is 6.42 Å². The number of likely N-dealkylation sites (tertiary alicyclic amines) is 1. The van der Waals surface area contributed by atoms with Gasteiger partial charge >= 0.3 is 0 Å². The first kappa shape index (κ1) is 25.0. The second-order valence-electron chi connectivity index (χ2n) is 8.86. The van der Waals surface area contributed by atoms with Crippen LogP contribution in [0.5, 0.6) is 0 Å². The number of benzene rings is 1. The molecule has 1 aliphatic heterocycles. The lowest BCUT2D eigenvalue weighted by atomic mass is 10.1. The third-order valence-electron chi connectivity index (χ3n) is 6.17. The average molecular weight is 491 g/mol. The van der Waals surface area contributed by atoms with Gasteiger partial charge in [0.25, 0.3) is 5.91 Å². The number of nitrogens with one attached hydrogen (secondary N) is 1. The van der Waals surface area contributed by atoms with Crippen LogP contribution in [-0.4, -0.2) is 78.9 Å². The van der Waals surface area contributed by atoms with Crippen LogP contribution in [-0.2, 0) is 16.1 Å². The minimum absolute atomic E-state index is 0.106. The van der Waals surface area contributed by atoms with Crippen molar-refractivity contribution in [2.75, 3.05) is 26.2 Å². The molecule has 11 nitrogen and oxygen atoms in total. The Kier molecular flexibility index (Phi) is 7.99. The van der Waals surface area contributed by atoms with Crippen molar-refractivity contribution in [1.29, 1.82) is 0 Å². The molecule has 3 heterocycles. The Labute approximate surface area is 209 Å². The fraction of sp³-hybridized carbons (Fsp3) is 0.400.